The molecular weight excluding hydrogens is 392 g/mol. The molecule has 1 aliphatic rings. The lowest BCUT2D eigenvalue weighted by molar-refractivity contribution is -0.117. The highest BCUT2D eigenvalue weighted by Crippen LogP contribution is 2.32. The van der Waals surface area contributed by atoms with Crippen molar-refractivity contribution in [1.82, 2.24) is 19.4 Å². The monoisotopic (exact) mass is 416 g/mol. The maximum atomic E-state index is 12.0. The normalized spacial score (nSPS) is 14.5. The predicted octanol–water partition coefficient (Wildman–Crippen LogP) is 3.16. The molecule has 1 saturated carbocycles. The van der Waals surface area contributed by atoms with Crippen molar-refractivity contribution in [2.45, 2.75) is 18.9 Å². The number of hydrogen-bond acceptors (Lipinski definition) is 5. The summed E-state index contributed by atoms with van der Waals surface area (Å²) < 4.78 is 9.57. The average Bonchev–Trinajstić information content (AvgIpc) is 3.47. The van der Waals surface area contributed by atoms with E-state index in [4.69, 9.17) is 10.5 Å². The minimum absolute atomic E-state index is 0.0423. The smallest absolute Gasteiger partial charge is 0.228 e. The van der Waals surface area contributed by atoms with Crippen molar-refractivity contribution in [3.8, 4) is 17.0 Å². The molecule has 1 fully saturated rings. The van der Waals surface area contributed by atoms with Crippen molar-refractivity contribution < 1.29 is 9.53 Å². The highest BCUT2D eigenvalue weighted by atomic mass is 16.5. The lowest BCUT2D eigenvalue weighted by Gasteiger charge is -2.14. The van der Waals surface area contributed by atoms with E-state index in [1.54, 1.807) is 15.4 Å². The number of ether oxygens (including phenoxy) is 1. The number of nitrogens with two attached hydrogens (primary N) is 1. The summed E-state index contributed by atoms with van der Waals surface area (Å²) in [4.78, 5) is 12.0. The molecule has 1 aromatic carbocycles. The number of nitrogens with zero attached hydrogens (tertiary/aromatic N) is 4. The largest absolute Gasteiger partial charge is 0.488 e. The molecule has 3 aromatic heterocycles. The number of hydrogen-bond donors (Lipinski definition) is 2. The summed E-state index contributed by atoms with van der Waals surface area (Å²) in [6.07, 6.45) is 5.49. The standard InChI is InChI=1S/C23H24N6O2/c1-28-22(20(13-25-28)31-14-19(24)15-5-3-2-4-6-15)17-9-10-29-18(11-17)12-21(27-29)26-23(30)16-7-8-16/h2-6,9-13,16,19H,7-8,14,24H2,1H3,(H,26,27,30). The fourth-order valence-electron chi connectivity index (χ4n) is 3.60. The van der Waals surface area contributed by atoms with E-state index in [2.05, 4.69) is 15.5 Å². The molecule has 8 heteroatoms. The summed E-state index contributed by atoms with van der Waals surface area (Å²) in [6.45, 7) is 0.342. The van der Waals surface area contributed by atoms with Crippen LogP contribution in [-0.4, -0.2) is 31.9 Å². The molecule has 3 N–H and O–H groups in total. The van der Waals surface area contributed by atoms with Gasteiger partial charge in [0.05, 0.1) is 17.8 Å². The predicted molar refractivity (Wildman–Crippen MR) is 118 cm³/mol. The average molecular weight is 416 g/mol. The summed E-state index contributed by atoms with van der Waals surface area (Å²) in [5, 5.41) is 11.7. The van der Waals surface area contributed by atoms with Gasteiger partial charge in [-0.2, -0.15) is 10.2 Å². The molecule has 158 valence electrons. The van der Waals surface area contributed by atoms with Crippen LogP contribution in [0.5, 0.6) is 5.75 Å². The first-order valence-corrected chi connectivity index (χ1v) is 10.3. The van der Waals surface area contributed by atoms with Gasteiger partial charge in [-0.15, -0.1) is 0 Å². The van der Waals surface area contributed by atoms with Gasteiger partial charge in [0.1, 0.15) is 12.3 Å². The number of nitrogens with one attached hydrogen (secondary N) is 1. The van der Waals surface area contributed by atoms with Crippen LogP contribution in [0, 0.1) is 5.92 Å². The van der Waals surface area contributed by atoms with Gasteiger partial charge in [-0.1, -0.05) is 30.3 Å². The van der Waals surface area contributed by atoms with Gasteiger partial charge in [0.15, 0.2) is 11.6 Å². The number of amides is 1. The Hall–Kier alpha value is -3.65. The number of aromatic nitrogens is 4. The fraction of sp³-hybridized carbons (Fsp3) is 0.261. The Morgan fingerprint density at radius 2 is 2.06 bits per heavy atom. The molecular formula is C23H24N6O2. The van der Waals surface area contributed by atoms with Crippen LogP contribution in [0.3, 0.4) is 0 Å². The van der Waals surface area contributed by atoms with E-state index in [0.717, 1.165) is 35.2 Å². The maximum Gasteiger partial charge on any atom is 0.228 e. The molecule has 0 saturated heterocycles. The third kappa shape index (κ3) is 4.02. The number of rotatable bonds is 7. The molecule has 1 atom stereocenters. The highest BCUT2D eigenvalue weighted by Gasteiger charge is 2.30. The molecule has 4 aromatic rings. The number of pyridine rings is 1. The van der Waals surface area contributed by atoms with Gasteiger partial charge >= 0.3 is 0 Å². The van der Waals surface area contributed by atoms with E-state index in [0.29, 0.717) is 18.2 Å². The van der Waals surface area contributed by atoms with E-state index in [-0.39, 0.29) is 17.9 Å². The Labute approximate surface area is 179 Å². The maximum absolute atomic E-state index is 12.0. The van der Waals surface area contributed by atoms with Crippen LogP contribution in [0.2, 0.25) is 0 Å². The molecule has 3 heterocycles. The zero-order chi connectivity index (χ0) is 21.4. The summed E-state index contributed by atoms with van der Waals surface area (Å²) >= 11 is 0. The van der Waals surface area contributed by atoms with Crippen LogP contribution in [0.25, 0.3) is 16.8 Å². The topological polar surface area (TPSA) is 99.5 Å². The second-order valence-electron chi connectivity index (χ2n) is 7.89. The Morgan fingerprint density at radius 3 is 2.84 bits per heavy atom. The Morgan fingerprint density at radius 1 is 1.26 bits per heavy atom. The number of fused-ring (bicyclic) bond motifs is 1. The first kappa shape index (κ1) is 19.3. The van der Waals surface area contributed by atoms with E-state index in [9.17, 15) is 4.79 Å². The molecule has 1 amide bonds. The van der Waals surface area contributed by atoms with Crippen molar-refractivity contribution in [1.29, 1.82) is 0 Å². The van der Waals surface area contributed by atoms with Crippen LogP contribution in [0.15, 0.2) is 60.9 Å². The summed E-state index contributed by atoms with van der Waals surface area (Å²) in [5.74, 6) is 1.40. The Balaban J connectivity index is 1.37. The minimum Gasteiger partial charge on any atom is -0.488 e. The van der Waals surface area contributed by atoms with Gasteiger partial charge in [-0.25, -0.2) is 4.52 Å². The number of anilines is 1. The molecule has 0 radical (unpaired) electrons. The number of carbonyl (C=O) groups is 1. The Bertz CT molecular complexity index is 1230. The van der Waals surface area contributed by atoms with Crippen LogP contribution in [-0.2, 0) is 11.8 Å². The van der Waals surface area contributed by atoms with Gasteiger partial charge < -0.3 is 15.8 Å². The van der Waals surface area contributed by atoms with Gasteiger partial charge in [-0.3, -0.25) is 9.48 Å². The SMILES string of the molecule is Cn1ncc(OCC(N)c2ccccc2)c1-c1ccn2nc(NC(=O)C3CC3)cc2c1. The van der Waals surface area contributed by atoms with E-state index < -0.39 is 0 Å². The molecule has 0 spiro atoms. The zero-order valence-corrected chi connectivity index (χ0v) is 17.2. The third-order valence-corrected chi connectivity index (χ3v) is 5.49. The number of aryl methyl sites for hydroxylation is 1. The van der Waals surface area contributed by atoms with Crippen LogP contribution in [0.1, 0.15) is 24.4 Å². The molecule has 31 heavy (non-hydrogen) atoms. The summed E-state index contributed by atoms with van der Waals surface area (Å²) in [5.41, 5.74) is 9.97. The van der Waals surface area contributed by atoms with E-state index >= 15 is 0 Å². The van der Waals surface area contributed by atoms with E-state index in [1.165, 1.54) is 0 Å². The second kappa shape index (κ2) is 7.88. The van der Waals surface area contributed by atoms with Gasteiger partial charge in [-0.05, 0) is 30.5 Å². The van der Waals surface area contributed by atoms with Crippen LogP contribution >= 0.6 is 0 Å². The van der Waals surface area contributed by atoms with Crippen molar-refractivity contribution >= 4 is 17.2 Å². The second-order valence-corrected chi connectivity index (χ2v) is 7.89. The van der Waals surface area contributed by atoms with Crippen LogP contribution in [0.4, 0.5) is 5.82 Å². The van der Waals surface area contributed by atoms with Crippen molar-refractivity contribution in [2.24, 2.45) is 18.7 Å². The quantitative estimate of drug-likeness (QED) is 0.482. The van der Waals surface area contributed by atoms with Gasteiger partial charge in [0, 0.05) is 30.8 Å². The third-order valence-electron chi connectivity index (χ3n) is 5.49. The molecule has 5 rings (SSSR count). The fourth-order valence-corrected chi connectivity index (χ4v) is 3.60. The molecule has 1 aliphatic carbocycles. The van der Waals surface area contributed by atoms with E-state index in [1.807, 2.05) is 61.8 Å². The lowest BCUT2D eigenvalue weighted by Crippen LogP contribution is -2.19. The minimum atomic E-state index is -0.232. The highest BCUT2D eigenvalue weighted by molar-refractivity contribution is 5.93. The molecule has 0 bridgehead atoms. The molecule has 8 nitrogen and oxygen atoms in total. The van der Waals surface area contributed by atoms with Crippen LogP contribution < -0.4 is 15.8 Å². The van der Waals surface area contributed by atoms with Crippen molar-refractivity contribution in [3.05, 3.63) is 66.5 Å². The lowest BCUT2D eigenvalue weighted by atomic mass is 10.1. The van der Waals surface area contributed by atoms with Crippen molar-refractivity contribution in [2.75, 3.05) is 11.9 Å². The van der Waals surface area contributed by atoms with Crippen molar-refractivity contribution in [3.63, 3.8) is 0 Å². The van der Waals surface area contributed by atoms with Gasteiger partial charge in [0.25, 0.3) is 0 Å². The van der Waals surface area contributed by atoms with Gasteiger partial charge in [0.2, 0.25) is 5.91 Å². The molecule has 0 aliphatic heterocycles. The molecule has 1 unspecified atom stereocenters. The number of carbonyl (C=O) groups excluding carboxylic acids is 1. The first-order chi connectivity index (χ1) is 15.1. The summed E-state index contributed by atoms with van der Waals surface area (Å²) in [7, 11) is 1.88. The zero-order valence-electron chi connectivity index (χ0n) is 17.2. The Kier molecular flexibility index (Phi) is 4.91. The number of benzene rings is 1. The first-order valence-electron chi connectivity index (χ1n) is 10.3. The summed E-state index contributed by atoms with van der Waals surface area (Å²) in [6, 6.07) is 15.5.